The van der Waals surface area contributed by atoms with Gasteiger partial charge in [0.05, 0.1) is 24.6 Å². The van der Waals surface area contributed by atoms with Gasteiger partial charge in [-0.15, -0.1) is 10.2 Å². The quantitative estimate of drug-likeness (QED) is 0.772. The SMILES string of the molecule is CN1C(=O)CCOc2ccccc21.NC(=O)c1nnc2n1CC(C(F)(F)F)CC2. The molecule has 1 aromatic carbocycles. The maximum absolute atomic E-state index is 12.5. The number of anilines is 1. The van der Waals surface area contributed by atoms with E-state index in [4.69, 9.17) is 10.5 Å². The van der Waals surface area contributed by atoms with E-state index in [2.05, 4.69) is 10.2 Å². The topological polar surface area (TPSA) is 103 Å². The minimum atomic E-state index is -4.27. The second-order valence-corrected chi connectivity index (χ2v) is 6.71. The number of aryl methyl sites for hydroxylation is 1. The number of aromatic nitrogens is 3. The van der Waals surface area contributed by atoms with E-state index in [1.54, 1.807) is 11.9 Å². The second kappa shape index (κ2) is 8.10. The average Bonchev–Trinajstić information content (AvgIpc) is 3.05. The van der Waals surface area contributed by atoms with Crippen molar-refractivity contribution in [2.75, 3.05) is 18.6 Å². The fourth-order valence-electron chi connectivity index (χ4n) is 3.18. The lowest BCUT2D eigenvalue weighted by Gasteiger charge is -2.25. The smallest absolute Gasteiger partial charge is 0.393 e. The molecule has 3 heterocycles. The maximum Gasteiger partial charge on any atom is 0.393 e. The van der Waals surface area contributed by atoms with Crippen molar-refractivity contribution in [1.29, 1.82) is 0 Å². The number of hydrogen-bond donors (Lipinski definition) is 1. The fraction of sp³-hybridized carbons (Fsp3) is 0.444. The Hall–Kier alpha value is -3.11. The zero-order valence-corrected chi connectivity index (χ0v) is 15.6. The zero-order chi connectivity index (χ0) is 21.2. The minimum Gasteiger partial charge on any atom is -0.491 e. The van der Waals surface area contributed by atoms with E-state index < -0.39 is 18.0 Å². The van der Waals surface area contributed by atoms with Gasteiger partial charge in [0.15, 0.2) is 0 Å². The summed E-state index contributed by atoms with van der Waals surface area (Å²) in [5.41, 5.74) is 5.85. The summed E-state index contributed by atoms with van der Waals surface area (Å²) in [5.74, 6) is -1.25. The average molecular weight is 411 g/mol. The second-order valence-electron chi connectivity index (χ2n) is 6.71. The number of nitrogens with two attached hydrogens (primary N) is 1. The van der Waals surface area contributed by atoms with Gasteiger partial charge >= 0.3 is 6.18 Å². The zero-order valence-electron chi connectivity index (χ0n) is 15.6. The summed E-state index contributed by atoms with van der Waals surface area (Å²) in [6, 6.07) is 7.57. The molecule has 2 aliphatic heterocycles. The van der Waals surface area contributed by atoms with Gasteiger partial charge in [-0.1, -0.05) is 12.1 Å². The number of benzene rings is 1. The third-order valence-corrected chi connectivity index (χ3v) is 4.80. The van der Waals surface area contributed by atoms with Crippen LogP contribution >= 0.6 is 0 Å². The largest absolute Gasteiger partial charge is 0.491 e. The summed E-state index contributed by atoms with van der Waals surface area (Å²) in [4.78, 5) is 24.0. The van der Waals surface area contributed by atoms with Crippen molar-refractivity contribution >= 4 is 17.5 Å². The molecule has 0 saturated heterocycles. The van der Waals surface area contributed by atoms with Crippen molar-refractivity contribution in [2.24, 2.45) is 11.7 Å². The van der Waals surface area contributed by atoms with Crippen molar-refractivity contribution in [3.05, 3.63) is 35.9 Å². The van der Waals surface area contributed by atoms with Crippen molar-refractivity contribution in [3.63, 3.8) is 0 Å². The van der Waals surface area contributed by atoms with Crippen LogP contribution in [0.15, 0.2) is 24.3 Å². The molecule has 2 aromatic rings. The molecule has 1 aromatic heterocycles. The van der Waals surface area contributed by atoms with Gasteiger partial charge in [-0.3, -0.25) is 9.59 Å². The first-order chi connectivity index (χ1) is 13.7. The van der Waals surface area contributed by atoms with Crippen LogP contribution in [0.2, 0.25) is 0 Å². The van der Waals surface area contributed by atoms with Crippen LogP contribution in [-0.4, -0.2) is 46.4 Å². The lowest BCUT2D eigenvalue weighted by atomic mass is 9.99. The molecular formula is C18H20F3N5O3. The Morgan fingerprint density at radius 3 is 2.66 bits per heavy atom. The molecule has 156 valence electrons. The summed E-state index contributed by atoms with van der Waals surface area (Å²) in [5, 5.41) is 7.12. The fourth-order valence-corrected chi connectivity index (χ4v) is 3.18. The van der Waals surface area contributed by atoms with Crippen LogP contribution in [0.1, 0.15) is 29.3 Å². The lowest BCUT2D eigenvalue weighted by molar-refractivity contribution is -0.182. The molecule has 0 spiro atoms. The van der Waals surface area contributed by atoms with Gasteiger partial charge in [0.2, 0.25) is 11.7 Å². The standard InChI is InChI=1S/C10H11NO2.C8H9F3N4O/c1-11-8-4-2-3-5-9(8)13-7-6-10(11)12;9-8(10,11)4-1-2-5-13-14-7(6(12)16)15(5)3-4/h2-5H,6-7H2,1H3;4H,1-3H2,(H2,12,16). The molecule has 29 heavy (non-hydrogen) atoms. The number of rotatable bonds is 1. The Morgan fingerprint density at radius 2 is 1.97 bits per heavy atom. The number of hydrogen-bond acceptors (Lipinski definition) is 5. The number of alkyl halides is 3. The van der Waals surface area contributed by atoms with Crippen LogP contribution in [-0.2, 0) is 17.8 Å². The lowest BCUT2D eigenvalue weighted by Crippen LogP contribution is -2.34. The van der Waals surface area contributed by atoms with E-state index in [0.717, 1.165) is 16.0 Å². The van der Waals surface area contributed by atoms with Crippen LogP contribution in [0, 0.1) is 5.92 Å². The molecule has 8 nitrogen and oxygen atoms in total. The van der Waals surface area contributed by atoms with Crippen molar-refractivity contribution < 1.29 is 27.5 Å². The third-order valence-electron chi connectivity index (χ3n) is 4.80. The Morgan fingerprint density at radius 1 is 1.24 bits per heavy atom. The number of carbonyl (C=O) groups is 2. The van der Waals surface area contributed by atoms with E-state index in [0.29, 0.717) is 18.9 Å². The number of para-hydroxylation sites is 2. The third kappa shape index (κ3) is 4.49. The number of carbonyl (C=O) groups excluding carboxylic acids is 2. The van der Waals surface area contributed by atoms with Gasteiger partial charge in [-0.25, -0.2) is 0 Å². The highest BCUT2D eigenvalue weighted by Gasteiger charge is 2.42. The Labute approximate surface area is 164 Å². The first-order valence-corrected chi connectivity index (χ1v) is 8.95. The first-order valence-electron chi connectivity index (χ1n) is 8.95. The number of nitrogens with zero attached hydrogens (tertiary/aromatic N) is 4. The highest BCUT2D eigenvalue weighted by Crippen LogP contribution is 2.34. The van der Waals surface area contributed by atoms with E-state index >= 15 is 0 Å². The number of halogens is 3. The van der Waals surface area contributed by atoms with Gasteiger partial charge in [0, 0.05) is 20.0 Å². The maximum atomic E-state index is 12.5. The van der Waals surface area contributed by atoms with Crippen LogP contribution in [0.25, 0.3) is 0 Å². The van der Waals surface area contributed by atoms with E-state index in [1.165, 1.54) is 0 Å². The summed E-state index contributed by atoms with van der Waals surface area (Å²) >= 11 is 0. The summed E-state index contributed by atoms with van der Waals surface area (Å²) in [7, 11) is 1.77. The number of ether oxygens (including phenoxy) is 1. The molecule has 1 unspecified atom stereocenters. The minimum absolute atomic E-state index is 0.0274. The van der Waals surface area contributed by atoms with Crippen LogP contribution in [0.4, 0.5) is 18.9 Å². The Bertz CT molecular complexity index is 912. The molecule has 0 aliphatic carbocycles. The van der Waals surface area contributed by atoms with Gasteiger partial charge < -0.3 is 19.9 Å². The van der Waals surface area contributed by atoms with Crippen molar-refractivity contribution in [3.8, 4) is 5.75 Å². The molecule has 1 atom stereocenters. The Kier molecular flexibility index (Phi) is 5.76. The molecule has 2 N–H and O–H groups in total. The van der Waals surface area contributed by atoms with Gasteiger partial charge in [0.1, 0.15) is 11.6 Å². The molecule has 0 bridgehead atoms. The van der Waals surface area contributed by atoms with Crippen molar-refractivity contribution in [1.82, 2.24) is 14.8 Å². The summed E-state index contributed by atoms with van der Waals surface area (Å²) in [6.45, 7) is 0.143. The highest BCUT2D eigenvalue weighted by molar-refractivity contribution is 5.95. The molecule has 2 aliphatic rings. The molecule has 4 rings (SSSR count). The predicted molar refractivity (Wildman–Crippen MR) is 96.4 cm³/mol. The predicted octanol–water partition coefficient (Wildman–Crippen LogP) is 1.93. The monoisotopic (exact) mass is 411 g/mol. The van der Waals surface area contributed by atoms with Crippen LogP contribution in [0.5, 0.6) is 5.75 Å². The van der Waals surface area contributed by atoms with E-state index in [1.807, 2.05) is 24.3 Å². The van der Waals surface area contributed by atoms with E-state index in [9.17, 15) is 22.8 Å². The molecule has 2 amide bonds. The number of primary amides is 1. The van der Waals surface area contributed by atoms with Crippen molar-refractivity contribution in [2.45, 2.75) is 32.0 Å². The normalized spacial score (nSPS) is 18.6. The van der Waals surface area contributed by atoms with Crippen LogP contribution < -0.4 is 15.4 Å². The molecule has 0 radical (unpaired) electrons. The van der Waals surface area contributed by atoms with Gasteiger partial charge in [0.25, 0.3) is 5.91 Å². The van der Waals surface area contributed by atoms with Crippen LogP contribution in [0.3, 0.4) is 0 Å². The Balaban J connectivity index is 0.000000169. The van der Waals surface area contributed by atoms with Gasteiger partial charge in [-0.05, 0) is 18.6 Å². The molecule has 11 heteroatoms. The van der Waals surface area contributed by atoms with E-state index in [-0.39, 0.29) is 31.1 Å². The number of fused-ring (bicyclic) bond motifs is 2. The summed E-state index contributed by atoms with van der Waals surface area (Å²) < 4.78 is 44.1. The first kappa shape index (κ1) is 20.6. The summed E-state index contributed by atoms with van der Waals surface area (Å²) in [6.07, 6.45) is -3.69. The molecule has 0 fully saturated rings. The highest BCUT2D eigenvalue weighted by atomic mass is 19.4. The molecule has 0 saturated carbocycles. The van der Waals surface area contributed by atoms with Gasteiger partial charge in [-0.2, -0.15) is 13.2 Å². The number of amides is 2. The molecular weight excluding hydrogens is 391 g/mol.